The summed E-state index contributed by atoms with van der Waals surface area (Å²) in [6.45, 7) is 0. The number of aromatic nitrogens is 2. The molecule has 3 N–H and O–H groups in total. The van der Waals surface area contributed by atoms with Crippen molar-refractivity contribution >= 4 is 33.3 Å². The third kappa shape index (κ3) is 1.37. The summed E-state index contributed by atoms with van der Waals surface area (Å²) in [6, 6.07) is 0. The summed E-state index contributed by atoms with van der Waals surface area (Å²) in [5, 5.41) is 0. The summed E-state index contributed by atoms with van der Waals surface area (Å²) in [5.74, 6) is -0.540. The van der Waals surface area contributed by atoms with Crippen molar-refractivity contribution in [1.29, 1.82) is 0 Å². The van der Waals surface area contributed by atoms with Crippen LogP contribution < -0.4 is 10.2 Å². The predicted molar refractivity (Wildman–Crippen MR) is 55.3 cm³/mol. The van der Waals surface area contributed by atoms with Crippen molar-refractivity contribution < 1.29 is 14.0 Å². The van der Waals surface area contributed by atoms with E-state index in [1.807, 2.05) is 0 Å². The van der Waals surface area contributed by atoms with E-state index in [1.165, 1.54) is 19.5 Å². The van der Waals surface area contributed by atoms with Crippen molar-refractivity contribution in [2.45, 2.75) is 0 Å². The van der Waals surface area contributed by atoms with Gasteiger partial charge < -0.3 is 15.5 Å². The Morgan fingerprint density at radius 3 is 3.00 bits per heavy atom. The number of ether oxygens (including phenoxy) is 1. The molecule has 0 saturated heterocycles. The van der Waals surface area contributed by atoms with Crippen molar-refractivity contribution in [2.75, 3.05) is 12.8 Å². The molecule has 0 atom stereocenters. The smallest absolute Gasteiger partial charge is 0.350 e. The van der Waals surface area contributed by atoms with Crippen LogP contribution in [0.25, 0.3) is 10.3 Å². The molecule has 0 aromatic carbocycles. The maximum absolute atomic E-state index is 11.4. The van der Waals surface area contributed by atoms with E-state index in [1.54, 1.807) is 0 Å². The van der Waals surface area contributed by atoms with Crippen LogP contribution >= 0.6 is 11.3 Å². The largest absolute Gasteiger partial charge is 0.465 e. The van der Waals surface area contributed by atoms with E-state index in [0.29, 0.717) is 9.26 Å². The number of esters is 1. The summed E-state index contributed by atoms with van der Waals surface area (Å²) in [7, 11) is 1.27. The van der Waals surface area contributed by atoms with Gasteiger partial charge in [-0.15, -0.1) is 11.3 Å². The summed E-state index contributed by atoms with van der Waals surface area (Å²) in [5.41, 5.74) is 6.10. The Morgan fingerprint density at radius 1 is 1.67 bits per heavy atom. The zero-order chi connectivity index (χ0) is 11.0. The number of H-pyrrole nitrogens is 1. The molecule has 7 heteroatoms. The maximum atomic E-state index is 11.4. The van der Waals surface area contributed by atoms with Crippen LogP contribution in [0.4, 0.5) is 5.69 Å². The van der Waals surface area contributed by atoms with E-state index < -0.39 is 5.97 Å². The van der Waals surface area contributed by atoms with Gasteiger partial charge in [0.05, 0.1) is 17.7 Å². The van der Waals surface area contributed by atoms with Crippen molar-refractivity contribution in [1.82, 2.24) is 4.98 Å². The standard InChI is InChI=1S/C8H7N3O3S/c1-14-8(12)6-4(9)5-7(15-6)10-2-3-11(5)13/h2-3H,1H3,(H2-,9,10,12,13)/p+1. The number of nitrogens with zero attached hydrogens (tertiary/aromatic N) is 1. The number of nitrogens with two attached hydrogens (primary N) is 1. The van der Waals surface area contributed by atoms with E-state index in [2.05, 4.69) is 9.72 Å². The van der Waals surface area contributed by atoms with Crippen LogP contribution in [0, 0.1) is 4.91 Å². The zero-order valence-corrected chi connectivity index (χ0v) is 8.63. The molecule has 0 aliphatic carbocycles. The monoisotopic (exact) mass is 226 g/mol. The third-order valence-corrected chi connectivity index (χ3v) is 3.04. The molecule has 15 heavy (non-hydrogen) atoms. The normalized spacial score (nSPS) is 10.5. The van der Waals surface area contributed by atoms with E-state index in [9.17, 15) is 9.70 Å². The van der Waals surface area contributed by atoms with E-state index in [4.69, 9.17) is 5.73 Å². The average molecular weight is 226 g/mol. The molecule has 0 aliphatic rings. The van der Waals surface area contributed by atoms with Crippen LogP contribution in [0.15, 0.2) is 12.4 Å². The molecule has 0 bridgehead atoms. The van der Waals surface area contributed by atoms with Gasteiger partial charge in [-0.3, -0.25) is 0 Å². The minimum absolute atomic E-state index is 0.147. The Balaban J connectivity index is 2.81. The summed E-state index contributed by atoms with van der Waals surface area (Å²) >= 11 is 1.09. The fourth-order valence-electron chi connectivity index (χ4n) is 1.25. The molecule has 78 valence electrons. The van der Waals surface area contributed by atoms with E-state index in [-0.39, 0.29) is 16.1 Å². The molecule has 0 fully saturated rings. The van der Waals surface area contributed by atoms with Gasteiger partial charge in [0.1, 0.15) is 10.6 Å². The fourth-order valence-corrected chi connectivity index (χ4v) is 2.25. The fraction of sp³-hybridized carbons (Fsp3) is 0.125. The Bertz CT molecular complexity index is 586. The number of rotatable bonds is 1. The van der Waals surface area contributed by atoms with Crippen molar-refractivity contribution in [3.05, 3.63) is 22.2 Å². The maximum Gasteiger partial charge on any atom is 0.350 e. The first-order valence-corrected chi connectivity index (χ1v) is 4.87. The van der Waals surface area contributed by atoms with Gasteiger partial charge in [-0.1, -0.05) is 0 Å². The first-order valence-electron chi connectivity index (χ1n) is 4.05. The number of nitrogen functional groups attached to an aromatic ring is 1. The lowest BCUT2D eigenvalue weighted by atomic mass is 10.3. The highest BCUT2D eigenvalue weighted by atomic mass is 32.1. The molecule has 0 amide bonds. The lowest BCUT2D eigenvalue weighted by Gasteiger charge is -1.93. The van der Waals surface area contributed by atoms with Crippen LogP contribution in [0.1, 0.15) is 9.67 Å². The molecule has 6 nitrogen and oxygen atoms in total. The number of hydrogen-bond donors (Lipinski definition) is 2. The van der Waals surface area contributed by atoms with E-state index >= 15 is 0 Å². The van der Waals surface area contributed by atoms with Crippen LogP contribution in [0.2, 0.25) is 0 Å². The number of methoxy groups -OCH3 is 1. The highest BCUT2D eigenvalue weighted by Gasteiger charge is 2.23. The van der Waals surface area contributed by atoms with Crippen LogP contribution in [-0.4, -0.2) is 18.1 Å². The molecule has 2 rings (SSSR count). The Morgan fingerprint density at radius 2 is 2.40 bits per heavy atom. The molecule has 0 spiro atoms. The number of anilines is 1. The second-order valence-electron chi connectivity index (χ2n) is 2.80. The Hall–Kier alpha value is -1.89. The van der Waals surface area contributed by atoms with Gasteiger partial charge in [-0.25, -0.2) is 4.79 Å². The molecule has 2 aromatic heterocycles. The van der Waals surface area contributed by atoms with Crippen LogP contribution in [0.3, 0.4) is 0 Å². The summed E-state index contributed by atoms with van der Waals surface area (Å²) < 4.78 is 5.17. The van der Waals surface area contributed by atoms with Gasteiger partial charge in [0.2, 0.25) is 6.20 Å². The van der Waals surface area contributed by atoms with Crippen LogP contribution in [0.5, 0.6) is 0 Å². The molecule has 2 aromatic rings. The number of hydrogen-bond acceptors (Lipinski definition) is 5. The SMILES string of the molecule is COC(=O)c1sc2[nH]cc[n+](=O)c2c1N. The van der Waals surface area contributed by atoms with Gasteiger partial charge in [0, 0.05) is 4.91 Å². The number of carbonyl (C=O) groups is 1. The quantitative estimate of drug-likeness (QED) is 0.547. The summed E-state index contributed by atoms with van der Waals surface area (Å²) in [4.78, 5) is 26.3. The van der Waals surface area contributed by atoms with Gasteiger partial charge >= 0.3 is 11.5 Å². The number of aromatic amines is 1. The van der Waals surface area contributed by atoms with Crippen molar-refractivity contribution in [3.63, 3.8) is 0 Å². The predicted octanol–water partition coefficient (Wildman–Crippen LogP) is 0.513. The minimum atomic E-state index is -0.540. The molecule has 0 radical (unpaired) electrons. The van der Waals surface area contributed by atoms with Gasteiger partial charge in [-0.05, 0) is 0 Å². The first kappa shape index (κ1) is 9.66. The lowest BCUT2D eigenvalue weighted by Crippen LogP contribution is -2.15. The van der Waals surface area contributed by atoms with Crippen LogP contribution in [-0.2, 0) is 4.74 Å². The highest BCUT2D eigenvalue weighted by Crippen LogP contribution is 2.29. The second kappa shape index (κ2) is 3.35. The van der Waals surface area contributed by atoms with E-state index in [0.717, 1.165) is 11.3 Å². The average Bonchev–Trinajstić information content (AvgIpc) is 2.56. The zero-order valence-electron chi connectivity index (χ0n) is 7.81. The number of fused-ring (bicyclic) bond motifs is 1. The lowest BCUT2D eigenvalue weighted by molar-refractivity contribution is -0.463. The molecule has 2 heterocycles. The molecule has 0 saturated carbocycles. The summed E-state index contributed by atoms with van der Waals surface area (Å²) in [6.07, 6.45) is 2.76. The van der Waals surface area contributed by atoms with Gasteiger partial charge in [-0.2, -0.15) is 0 Å². The molecule has 0 unspecified atom stereocenters. The number of nitrogens with one attached hydrogen (secondary N) is 1. The second-order valence-corrected chi connectivity index (χ2v) is 3.82. The van der Waals surface area contributed by atoms with Crippen molar-refractivity contribution in [2.24, 2.45) is 0 Å². The molecular formula is C8H8N3O3S+. The third-order valence-electron chi connectivity index (χ3n) is 1.93. The molecule has 0 aliphatic heterocycles. The Kier molecular flexibility index (Phi) is 2.16. The minimum Gasteiger partial charge on any atom is -0.465 e. The highest BCUT2D eigenvalue weighted by molar-refractivity contribution is 7.21. The molecular weight excluding hydrogens is 218 g/mol. The van der Waals surface area contributed by atoms with Gasteiger partial charge in [0.25, 0.3) is 0 Å². The van der Waals surface area contributed by atoms with Gasteiger partial charge in [0.15, 0.2) is 4.83 Å². The number of carbonyl (C=O) groups excluding carboxylic acids is 1. The Labute approximate surface area is 87.9 Å². The number of thiophene rings is 1. The topological polar surface area (TPSA) is 91.1 Å². The van der Waals surface area contributed by atoms with Crippen molar-refractivity contribution in [3.8, 4) is 0 Å². The first-order chi connectivity index (χ1) is 7.15.